The molecule has 0 aliphatic heterocycles. The summed E-state index contributed by atoms with van der Waals surface area (Å²) in [6.45, 7) is 3.03. The van der Waals surface area contributed by atoms with Crippen LogP contribution in [0.1, 0.15) is 33.4 Å². The molecule has 0 unspecified atom stereocenters. The van der Waals surface area contributed by atoms with Crippen molar-refractivity contribution in [3.8, 4) is 22.8 Å². The van der Waals surface area contributed by atoms with Crippen LogP contribution in [0.2, 0.25) is 0 Å². The van der Waals surface area contributed by atoms with Gasteiger partial charge in [0.05, 0.1) is 12.7 Å². The molecule has 6 heteroatoms. The molecule has 0 atom stereocenters. The van der Waals surface area contributed by atoms with Gasteiger partial charge in [-0.25, -0.2) is 4.79 Å². The van der Waals surface area contributed by atoms with E-state index in [4.69, 9.17) is 14.0 Å². The standard InChI is InChI=1S/C20H17NO5/c1-12(22)16-11-15(24-3)9-10-17(16)25-20(23)18-13(2)26-21-19(18)14-7-5-4-6-8-14/h4-11H,1-3H3. The van der Waals surface area contributed by atoms with Gasteiger partial charge in [-0.1, -0.05) is 35.5 Å². The number of aryl methyl sites for hydroxylation is 1. The van der Waals surface area contributed by atoms with Crippen LogP contribution in [0.4, 0.5) is 0 Å². The van der Waals surface area contributed by atoms with E-state index in [9.17, 15) is 9.59 Å². The van der Waals surface area contributed by atoms with Crippen molar-refractivity contribution in [3.05, 3.63) is 65.4 Å². The Morgan fingerprint density at radius 2 is 1.81 bits per heavy atom. The maximum Gasteiger partial charge on any atom is 0.349 e. The number of nitrogens with zero attached hydrogens (tertiary/aromatic N) is 1. The monoisotopic (exact) mass is 351 g/mol. The van der Waals surface area contributed by atoms with E-state index >= 15 is 0 Å². The highest BCUT2D eigenvalue weighted by Gasteiger charge is 2.24. The highest BCUT2D eigenvalue weighted by Crippen LogP contribution is 2.29. The Morgan fingerprint density at radius 1 is 1.08 bits per heavy atom. The lowest BCUT2D eigenvalue weighted by Gasteiger charge is -2.10. The highest BCUT2D eigenvalue weighted by atomic mass is 16.5. The molecule has 3 rings (SSSR count). The van der Waals surface area contributed by atoms with E-state index < -0.39 is 5.97 Å². The van der Waals surface area contributed by atoms with Crippen molar-refractivity contribution in [2.24, 2.45) is 0 Å². The number of rotatable bonds is 5. The summed E-state index contributed by atoms with van der Waals surface area (Å²) in [5, 5.41) is 3.97. The summed E-state index contributed by atoms with van der Waals surface area (Å²) >= 11 is 0. The SMILES string of the molecule is COc1ccc(OC(=O)c2c(-c3ccccc3)noc2C)c(C(C)=O)c1. The third kappa shape index (κ3) is 3.35. The molecule has 1 aromatic heterocycles. The van der Waals surface area contributed by atoms with Crippen LogP contribution in [0.25, 0.3) is 11.3 Å². The number of ether oxygens (including phenoxy) is 2. The lowest BCUT2D eigenvalue weighted by molar-refractivity contribution is 0.0731. The van der Waals surface area contributed by atoms with E-state index in [0.717, 1.165) is 5.56 Å². The van der Waals surface area contributed by atoms with Gasteiger partial charge in [0.2, 0.25) is 0 Å². The molecule has 0 radical (unpaired) electrons. The summed E-state index contributed by atoms with van der Waals surface area (Å²) < 4.78 is 15.8. The van der Waals surface area contributed by atoms with E-state index in [2.05, 4.69) is 5.16 Å². The molecule has 1 heterocycles. The molecule has 0 aliphatic rings. The normalized spacial score (nSPS) is 10.4. The average molecular weight is 351 g/mol. The van der Waals surface area contributed by atoms with Gasteiger partial charge in [0.1, 0.15) is 28.5 Å². The molecule has 0 bridgehead atoms. The summed E-state index contributed by atoms with van der Waals surface area (Å²) in [6.07, 6.45) is 0. The van der Waals surface area contributed by atoms with Gasteiger partial charge < -0.3 is 14.0 Å². The van der Waals surface area contributed by atoms with Crippen molar-refractivity contribution < 1.29 is 23.6 Å². The van der Waals surface area contributed by atoms with E-state index in [1.54, 1.807) is 13.0 Å². The van der Waals surface area contributed by atoms with Gasteiger partial charge in [-0.05, 0) is 32.0 Å². The van der Waals surface area contributed by atoms with Crippen LogP contribution < -0.4 is 9.47 Å². The number of carbonyl (C=O) groups excluding carboxylic acids is 2. The fraction of sp³-hybridized carbons (Fsp3) is 0.150. The molecule has 0 amide bonds. The highest BCUT2D eigenvalue weighted by molar-refractivity contribution is 6.01. The van der Waals surface area contributed by atoms with E-state index in [1.165, 1.54) is 26.2 Å². The van der Waals surface area contributed by atoms with E-state index in [0.29, 0.717) is 17.2 Å². The number of ketones is 1. The Bertz CT molecular complexity index is 960. The largest absolute Gasteiger partial charge is 0.497 e. The van der Waals surface area contributed by atoms with Crippen molar-refractivity contribution in [3.63, 3.8) is 0 Å². The fourth-order valence-electron chi connectivity index (χ4n) is 2.56. The second kappa shape index (κ2) is 7.23. The van der Waals surface area contributed by atoms with Crippen molar-refractivity contribution in [2.45, 2.75) is 13.8 Å². The first-order valence-corrected chi connectivity index (χ1v) is 7.94. The lowest BCUT2D eigenvalue weighted by atomic mass is 10.1. The van der Waals surface area contributed by atoms with Crippen molar-refractivity contribution >= 4 is 11.8 Å². The van der Waals surface area contributed by atoms with Crippen LogP contribution in [0.3, 0.4) is 0 Å². The van der Waals surface area contributed by atoms with Gasteiger partial charge in [-0.15, -0.1) is 0 Å². The molecule has 0 fully saturated rings. The number of aromatic nitrogens is 1. The topological polar surface area (TPSA) is 78.6 Å². The Hall–Kier alpha value is -3.41. The van der Waals surface area contributed by atoms with Crippen LogP contribution in [-0.4, -0.2) is 24.0 Å². The van der Waals surface area contributed by atoms with Gasteiger partial charge in [-0.2, -0.15) is 0 Å². The predicted octanol–water partition coefficient (Wildman–Crippen LogP) is 4.08. The number of hydrogen-bond donors (Lipinski definition) is 0. The third-order valence-corrected chi connectivity index (χ3v) is 3.88. The van der Waals surface area contributed by atoms with Crippen molar-refractivity contribution in [1.82, 2.24) is 5.16 Å². The molecule has 132 valence electrons. The number of Topliss-reactive ketones (excluding diaryl/α,β-unsaturated/α-hetero) is 1. The van der Waals surface area contributed by atoms with Crippen LogP contribution >= 0.6 is 0 Å². The molecule has 2 aromatic carbocycles. The molecule has 0 saturated heterocycles. The van der Waals surface area contributed by atoms with Crippen LogP contribution in [-0.2, 0) is 0 Å². The molecule has 0 saturated carbocycles. The van der Waals surface area contributed by atoms with Gasteiger partial charge in [0.25, 0.3) is 0 Å². The number of benzene rings is 2. The molecule has 0 aliphatic carbocycles. The minimum absolute atomic E-state index is 0.155. The molecule has 6 nitrogen and oxygen atoms in total. The zero-order valence-corrected chi connectivity index (χ0v) is 14.6. The smallest absolute Gasteiger partial charge is 0.349 e. The lowest BCUT2D eigenvalue weighted by Crippen LogP contribution is -2.12. The zero-order valence-electron chi connectivity index (χ0n) is 14.6. The first kappa shape index (κ1) is 17.4. The van der Waals surface area contributed by atoms with Crippen LogP contribution in [0.5, 0.6) is 11.5 Å². The fourth-order valence-corrected chi connectivity index (χ4v) is 2.56. The average Bonchev–Trinajstić information content (AvgIpc) is 3.04. The predicted molar refractivity (Wildman–Crippen MR) is 94.6 cm³/mol. The summed E-state index contributed by atoms with van der Waals surface area (Å²) in [6, 6.07) is 13.9. The van der Waals surface area contributed by atoms with E-state index in [1.807, 2.05) is 30.3 Å². The first-order chi connectivity index (χ1) is 12.5. The Balaban J connectivity index is 1.98. The molecule has 26 heavy (non-hydrogen) atoms. The van der Waals surface area contributed by atoms with Gasteiger partial charge in [0, 0.05) is 5.56 Å². The van der Waals surface area contributed by atoms with E-state index in [-0.39, 0.29) is 22.7 Å². The third-order valence-electron chi connectivity index (χ3n) is 3.88. The van der Waals surface area contributed by atoms with Gasteiger partial charge in [-0.3, -0.25) is 4.79 Å². The Kier molecular flexibility index (Phi) is 4.84. The summed E-state index contributed by atoms with van der Waals surface area (Å²) in [7, 11) is 1.50. The molecular formula is C20H17NO5. The maximum absolute atomic E-state index is 12.8. The minimum atomic E-state index is -0.643. The second-order valence-corrected chi connectivity index (χ2v) is 5.64. The number of carbonyl (C=O) groups is 2. The van der Waals surface area contributed by atoms with Crippen molar-refractivity contribution in [2.75, 3.05) is 7.11 Å². The number of methoxy groups -OCH3 is 1. The van der Waals surface area contributed by atoms with Gasteiger partial charge >= 0.3 is 5.97 Å². The Morgan fingerprint density at radius 3 is 2.46 bits per heavy atom. The summed E-state index contributed by atoms with van der Waals surface area (Å²) in [5.41, 5.74) is 1.61. The van der Waals surface area contributed by atoms with Crippen LogP contribution in [0, 0.1) is 6.92 Å². The Labute approximate surface area is 150 Å². The molecule has 0 spiro atoms. The number of esters is 1. The maximum atomic E-state index is 12.8. The summed E-state index contributed by atoms with van der Waals surface area (Å²) in [4.78, 5) is 24.6. The zero-order chi connectivity index (χ0) is 18.7. The number of hydrogen-bond acceptors (Lipinski definition) is 6. The summed E-state index contributed by atoms with van der Waals surface area (Å²) in [5.74, 6) is 0.114. The molecule has 0 N–H and O–H groups in total. The second-order valence-electron chi connectivity index (χ2n) is 5.64. The van der Waals surface area contributed by atoms with Crippen molar-refractivity contribution in [1.29, 1.82) is 0 Å². The molecule has 3 aromatic rings. The minimum Gasteiger partial charge on any atom is -0.497 e. The van der Waals surface area contributed by atoms with Gasteiger partial charge in [0.15, 0.2) is 5.78 Å². The molecular weight excluding hydrogens is 334 g/mol. The van der Waals surface area contributed by atoms with Crippen LogP contribution in [0.15, 0.2) is 53.1 Å². The first-order valence-electron chi connectivity index (χ1n) is 7.94. The quantitative estimate of drug-likeness (QED) is 0.391.